The molecule has 1 aromatic carbocycles. The van der Waals surface area contributed by atoms with Crippen LogP contribution in [0.25, 0.3) is 0 Å². The number of methoxy groups -OCH3 is 1. The molecule has 1 heterocycles. The molecule has 3 rings (SSSR count). The zero-order valence-corrected chi connectivity index (χ0v) is 16.6. The quantitative estimate of drug-likeness (QED) is 0.820. The molecule has 136 valence electrons. The lowest BCUT2D eigenvalue weighted by molar-refractivity contribution is 0.408. The molecule has 0 atom stereocenters. The van der Waals surface area contributed by atoms with Crippen LogP contribution >= 0.6 is 11.3 Å². The fraction of sp³-hybridized carbons (Fsp3) is 0.474. The Morgan fingerprint density at radius 2 is 1.84 bits per heavy atom. The van der Waals surface area contributed by atoms with E-state index in [1.807, 2.05) is 13.8 Å². The number of benzene rings is 1. The summed E-state index contributed by atoms with van der Waals surface area (Å²) in [5, 5.41) is 4.22. The first kappa shape index (κ1) is 18.4. The Balaban J connectivity index is 1.84. The van der Waals surface area contributed by atoms with Gasteiger partial charge in [0, 0.05) is 12.0 Å². The van der Waals surface area contributed by atoms with Crippen LogP contribution in [0.4, 0.5) is 0 Å². The third kappa shape index (κ3) is 3.61. The summed E-state index contributed by atoms with van der Waals surface area (Å²) >= 11 is 1.67. The summed E-state index contributed by atoms with van der Waals surface area (Å²) in [4.78, 5) is 0.307. The molecule has 0 spiro atoms. The van der Waals surface area contributed by atoms with E-state index < -0.39 is 10.0 Å². The van der Waals surface area contributed by atoms with E-state index >= 15 is 0 Å². The first-order valence-electron chi connectivity index (χ1n) is 8.55. The maximum Gasteiger partial charge on any atom is 0.240 e. The number of nitrogens with one attached hydrogen (secondary N) is 1. The van der Waals surface area contributed by atoms with Gasteiger partial charge in [-0.1, -0.05) is 12.8 Å². The zero-order chi connectivity index (χ0) is 18.1. The molecule has 1 aliphatic carbocycles. The van der Waals surface area contributed by atoms with Crippen molar-refractivity contribution in [1.29, 1.82) is 0 Å². The van der Waals surface area contributed by atoms with Crippen LogP contribution in [-0.2, 0) is 15.4 Å². The molecule has 1 N–H and O–H groups in total. The molecule has 1 fully saturated rings. The summed E-state index contributed by atoms with van der Waals surface area (Å²) in [6.07, 6.45) is 4.37. The second kappa shape index (κ2) is 7.09. The van der Waals surface area contributed by atoms with Crippen molar-refractivity contribution < 1.29 is 13.2 Å². The monoisotopic (exact) mass is 379 g/mol. The fourth-order valence-corrected chi connectivity index (χ4v) is 5.97. The second-order valence-electron chi connectivity index (χ2n) is 6.91. The van der Waals surface area contributed by atoms with Gasteiger partial charge in [-0.3, -0.25) is 0 Å². The SMILES string of the molecule is COc1c(C)cc(S(=O)(=O)NCC2(c3ccsc3)CCCC2)cc1C. The second-order valence-corrected chi connectivity index (χ2v) is 9.46. The Morgan fingerprint density at radius 3 is 2.36 bits per heavy atom. The lowest BCUT2D eigenvalue weighted by Gasteiger charge is -2.28. The van der Waals surface area contributed by atoms with Gasteiger partial charge in [0.15, 0.2) is 0 Å². The minimum Gasteiger partial charge on any atom is -0.496 e. The molecule has 2 aromatic rings. The van der Waals surface area contributed by atoms with E-state index in [1.54, 1.807) is 30.6 Å². The molecule has 0 radical (unpaired) electrons. The normalized spacial score (nSPS) is 16.9. The highest BCUT2D eigenvalue weighted by Gasteiger charge is 2.37. The first-order valence-corrected chi connectivity index (χ1v) is 11.0. The van der Waals surface area contributed by atoms with Crippen molar-refractivity contribution in [2.45, 2.75) is 49.8 Å². The molecule has 0 amide bonds. The largest absolute Gasteiger partial charge is 0.496 e. The van der Waals surface area contributed by atoms with Gasteiger partial charge in [-0.2, -0.15) is 11.3 Å². The van der Waals surface area contributed by atoms with Crippen LogP contribution in [0.3, 0.4) is 0 Å². The number of ether oxygens (including phenoxy) is 1. The van der Waals surface area contributed by atoms with Crippen molar-refractivity contribution in [3.8, 4) is 5.75 Å². The van der Waals surface area contributed by atoms with Gasteiger partial charge in [0.2, 0.25) is 10.0 Å². The Hall–Kier alpha value is -1.37. The van der Waals surface area contributed by atoms with E-state index in [0.29, 0.717) is 11.4 Å². The highest BCUT2D eigenvalue weighted by molar-refractivity contribution is 7.89. The Kier molecular flexibility index (Phi) is 5.23. The molecule has 0 aliphatic heterocycles. The summed E-state index contributed by atoms with van der Waals surface area (Å²) in [5.74, 6) is 0.740. The molecule has 1 aliphatic rings. The number of sulfonamides is 1. The summed E-state index contributed by atoms with van der Waals surface area (Å²) in [6, 6.07) is 5.49. The van der Waals surface area contributed by atoms with Crippen LogP contribution in [0, 0.1) is 13.8 Å². The van der Waals surface area contributed by atoms with E-state index in [2.05, 4.69) is 21.5 Å². The number of hydrogen-bond donors (Lipinski definition) is 1. The minimum atomic E-state index is -3.55. The molecule has 0 saturated heterocycles. The molecule has 6 heteroatoms. The standard InChI is InChI=1S/C19H25NO3S2/c1-14-10-17(11-15(2)18(14)23-3)25(21,22)20-13-19(7-4-5-8-19)16-6-9-24-12-16/h6,9-12,20H,4-5,7-8,13H2,1-3H3. The van der Waals surface area contributed by atoms with E-state index in [1.165, 1.54) is 5.56 Å². The lowest BCUT2D eigenvalue weighted by Crippen LogP contribution is -2.38. The van der Waals surface area contributed by atoms with Gasteiger partial charge in [0.05, 0.1) is 12.0 Å². The highest BCUT2D eigenvalue weighted by atomic mass is 32.2. The summed E-state index contributed by atoms with van der Waals surface area (Å²) in [5.41, 5.74) is 2.86. The number of aryl methyl sites for hydroxylation is 2. The fourth-order valence-electron chi connectivity index (χ4n) is 3.89. The summed E-state index contributed by atoms with van der Waals surface area (Å²) in [7, 11) is -1.95. The van der Waals surface area contributed by atoms with Gasteiger partial charge in [0.1, 0.15) is 5.75 Å². The van der Waals surface area contributed by atoms with E-state index in [4.69, 9.17) is 4.74 Å². The molecular weight excluding hydrogens is 354 g/mol. The number of thiophene rings is 1. The summed E-state index contributed by atoms with van der Waals surface area (Å²) in [6.45, 7) is 4.19. The van der Waals surface area contributed by atoms with Crippen LogP contribution in [-0.4, -0.2) is 22.1 Å². The van der Waals surface area contributed by atoms with Gasteiger partial charge in [-0.15, -0.1) is 0 Å². The Labute approximate surface area is 154 Å². The molecular formula is C19H25NO3S2. The number of hydrogen-bond acceptors (Lipinski definition) is 4. The van der Waals surface area contributed by atoms with Crippen LogP contribution in [0.5, 0.6) is 5.75 Å². The van der Waals surface area contributed by atoms with E-state index in [0.717, 1.165) is 42.6 Å². The van der Waals surface area contributed by atoms with Crippen molar-refractivity contribution in [2.75, 3.05) is 13.7 Å². The van der Waals surface area contributed by atoms with Crippen molar-refractivity contribution in [3.05, 3.63) is 45.6 Å². The molecule has 0 bridgehead atoms. The third-order valence-electron chi connectivity index (χ3n) is 5.24. The van der Waals surface area contributed by atoms with Gasteiger partial charge in [-0.05, 0) is 72.3 Å². The van der Waals surface area contributed by atoms with Crippen LogP contribution < -0.4 is 9.46 Å². The third-order valence-corrected chi connectivity index (χ3v) is 7.31. The zero-order valence-electron chi connectivity index (χ0n) is 15.0. The van der Waals surface area contributed by atoms with E-state index in [9.17, 15) is 8.42 Å². The molecule has 1 aromatic heterocycles. The van der Waals surface area contributed by atoms with Gasteiger partial charge in [0.25, 0.3) is 0 Å². The van der Waals surface area contributed by atoms with Crippen LogP contribution in [0.2, 0.25) is 0 Å². The van der Waals surface area contributed by atoms with Gasteiger partial charge >= 0.3 is 0 Å². The molecule has 25 heavy (non-hydrogen) atoms. The predicted octanol–water partition coefficient (Wildman–Crippen LogP) is 4.16. The smallest absolute Gasteiger partial charge is 0.240 e. The van der Waals surface area contributed by atoms with Crippen LogP contribution in [0.15, 0.2) is 33.9 Å². The summed E-state index contributed by atoms with van der Waals surface area (Å²) < 4.78 is 33.9. The van der Waals surface area contributed by atoms with Gasteiger partial charge < -0.3 is 4.74 Å². The van der Waals surface area contributed by atoms with Gasteiger partial charge in [-0.25, -0.2) is 13.1 Å². The topological polar surface area (TPSA) is 55.4 Å². The van der Waals surface area contributed by atoms with Crippen molar-refractivity contribution in [3.63, 3.8) is 0 Å². The lowest BCUT2D eigenvalue weighted by atomic mass is 9.81. The maximum absolute atomic E-state index is 12.9. The molecule has 0 unspecified atom stereocenters. The number of rotatable bonds is 6. The predicted molar refractivity (Wildman–Crippen MR) is 102 cm³/mol. The van der Waals surface area contributed by atoms with E-state index in [-0.39, 0.29) is 5.41 Å². The average molecular weight is 380 g/mol. The Bertz CT molecular complexity index is 813. The average Bonchev–Trinajstić information content (AvgIpc) is 3.25. The van der Waals surface area contributed by atoms with Crippen molar-refractivity contribution in [1.82, 2.24) is 4.72 Å². The van der Waals surface area contributed by atoms with Crippen molar-refractivity contribution >= 4 is 21.4 Å². The molecule has 1 saturated carbocycles. The molecule has 4 nitrogen and oxygen atoms in total. The maximum atomic E-state index is 12.9. The minimum absolute atomic E-state index is 0.0658. The van der Waals surface area contributed by atoms with Crippen molar-refractivity contribution in [2.24, 2.45) is 0 Å². The van der Waals surface area contributed by atoms with Crippen LogP contribution in [0.1, 0.15) is 42.4 Å². The Morgan fingerprint density at radius 1 is 1.20 bits per heavy atom. The first-order chi connectivity index (χ1) is 11.9. The highest BCUT2D eigenvalue weighted by Crippen LogP contribution is 2.41.